The van der Waals surface area contributed by atoms with Gasteiger partial charge in [0, 0.05) is 6.54 Å². The van der Waals surface area contributed by atoms with E-state index in [4.69, 9.17) is 9.47 Å². The first-order valence-corrected chi connectivity index (χ1v) is 7.59. The van der Waals surface area contributed by atoms with E-state index in [2.05, 4.69) is 5.32 Å². The predicted molar refractivity (Wildman–Crippen MR) is 90.7 cm³/mol. The molecular formula is C19H22NO3. The summed E-state index contributed by atoms with van der Waals surface area (Å²) in [6, 6.07) is 15.7. The molecule has 0 unspecified atom stereocenters. The van der Waals surface area contributed by atoms with Gasteiger partial charge in [-0.25, -0.2) is 0 Å². The summed E-state index contributed by atoms with van der Waals surface area (Å²) in [6.07, 6.45) is 3.05. The molecule has 0 aliphatic heterocycles. The molecule has 2 rings (SSSR count). The van der Waals surface area contributed by atoms with Crippen molar-refractivity contribution in [2.75, 3.05) is 20.8 Å². The maximum atomic E-state index is 11.8. The molecule has 0 fully saturated rings. The van der Waals surface area contributed by atoms with Crippen molar-refractivity contribution in [2.45, 2.75) is 12.8 Å². The first kappa shape index (κ1) is 16.9. The zero-order valence-corrected chi connectivity index (χ0v) is 13.5. The third-order valence-corrected chi connectivity index (χ3v) is 3.53. The van der Waals surface area contributed by atoms with Gasteiger partial charge in [0.25, 0.3) is 0 Å². The molecule has 0 spiro atoms. The highest BCUT2D eigenvalue weighted by molar-refractivity contribution is 5.84. The molecule has 0 atom stereocenters. The van der Waals surface area contributed by atoms with Crippen molar-refractivity contribution in [3.63, 3.8) is 0 Å². The van der Waals surface area contributed by atoms with E-state index in [0.717, 1.165) is 17.5 Å². The zero-order valence-electron chi connectivity index (χ0n) is 13.5. The summed E-state index contributed by atoms with van der Waals surface area (Å²) in [5.74, 6) is 1.36. The number of carbonyl (C=O) groups is 1. The number of nitrogens with one attached hydrogen (secondary N) is 1. The smallest absolute Gasteiger partial charge is 0.224 e. The Bertz CT molecular complexity index is 626. The molecule has 23 heavy (non-hydrogen) atoms. The second-order valence-electron chi connectivity index (χ2n) is 5.12. The molecule has 0 aliphatic rings. The summed E-state index contributed by atoms with van der Waals surface area (Å²) < 4.78 is 10.5. The number of amides is 1. The van der Waals surface area contributed by atoms with Crippen LogP contribution in [0.2, 0.25) is 0 Å². The monoisotopic (exact) mass is 312 g/mol. The highest BCUT2D eigenvalue weighted by Gasteiger charge is 2.06. The number of ether oxygens (including phenoxy) is 2. The van der Waals surface area contributed by atoms with Crippen LogP contribution in [0.25, 0.3) is 0 Å². The van der Waals surface area contributed by atoms with E-state index in [1.54, 1.807) is 20.6 Å². The molecule has 0 aliphatic carbocycles. The minimum Gasteiger partial charge on any atom is -0.493 e. The van der Waals surface area contributed by atoms with E-state index in [0.29, 0.717) is 24.5 Å². The molecule has 2 aromatic carbocycles. The van der Waals surface area contributed by atoms with Crippen LogP contribution in [-0.4, -0.2) is 26.7 Å². The molecule has 0 heterocycles. The van der Waals surface area contributed by atoms with Crippen LogP contribution in [0.3, 0.4) is 0 Å². The normalized spacial score (nSPS) is 10.2. The number of benzene rings is 2. The Morgan fingerprint density at radius 1 is 1.00 bits per heavy atom. The Balaban J connectivity index is 1.75. The van der Waals surface area contributed by atoms with Crippen molar-refractivity contribution in [2.24, 2.45) is 0 Å². The zero-order chi connectivity index (χ0) is 16.5. The van der Waals surface area contributed by atoms with Gasteiger partial charge in [0.15, 0.2) is 11.5 Å². The Labute approximate surface area is 137 Å². The van der Waals surface area contributed by atoms with Gasteiger partial charge in [-0.3, -0.25) is 4.79 Å². The van der Waals surface area contributed by atoms with Gasteiger partial charge in [-0.1, -0.05) is 36.4 Å². The summed E-state index contributed by atoms with van der Waals surface area (Å²) in [4.78, 5) is 11.8. The molecule has 0 saturated heterocycles. The van der Waals surface area contributed by atoms with Gasteiger partial charge in [0.1, 0.15) is 0 Å². The number of methoxy groups -OCH3 is 2. The van der Waals surface area contributed by atoms with Crippen LogP contribution in [0, 0.1) is 6.42 Å². The number of hydrogen-bond donors (Lipinski definition) is 1. The number of rotatable bonds is 8. The lowest BCUT2D eigenvalue weighted by Crippen LogP contribution is -2.26. The van der Waals surface area contributed by atoms with E-state index in [1.807, 2.05) is 48.5 Å². The molecule has 1 amide bonds. The van der Waals surface area contributed by atoms with Gasteiger partial charge < -0.3 is 14.8 Å². The van der Waals surface area contributed by atoms with Gasteiger partial charge in [-0.2, -0.15) is 0 Å². The summed E-state index contributed by atoms with van der Waals surface area (Å²) in [7, 11) is 3.22. The second kappa shape index (κ2) is 8.83. The average molecular weight is 312 g/mol. The van der Waals surface area contributed by atoms with Crippen LogP contribution < -0.4 is 14.8 Å². The van der Waals surface area contributed by atoms with Crippen LogP contribution >= 0.6 is 0 Å². The van der Waals surface area contributed by atoms with Crippen LogP contribution in [0.15, 0.2) is 48.5 Å². The fourth-order valence-corrected chi connectivity index (χ4v) is 2.26. The topological polar surface area (TPSA) is 47.6 Å². The van der Waals surface area contributed by atoms with Crippen LogP contribution in [-0.2, 0) is 17.6 Å². The van der Waals surface area contributed by atoms with E-state index < -0.39 is 0 Å². The lowest BCUT2D eigenvalue weighted by molar-refractivity contribution is -0.117. The highest BCUT2D eigenvalue weighted by Crippen LogP contribution is 2.27. The number of carbonyl (C=O) groups excluding carboxylic acids is 1. The lowest BCUT2D eigenvalue weighted by atomic mass is 10.1. The molecule has 121 valence electrons. The van der Waals surface area contributed by atoms with Crippen molar-refractivity contribution in [1.82, 2.24) is 5.32 Å². The third kappa shape index (κ3) is 5.33. The summed E-state index contributed by atoms with van der Waals surface area (Å²) in [6.45, 7) is 0.583. The Morgan fingerprint density at radius 3 is 2.43 bits per heavy atom. The third-order valence-electron chi connectivity index (χ3n) is 3.53. The number of hydrogen-bond acceptors (Lipinski definition) is 3. The minimum absolute atomic E-state index is 0.0469. The summed E-state index contributed by atoms with van der Waals surface area (Å²) in [5.41, 5.74) is 2.22. The van der Waals surface area contributed by atoms with Crippen molar-refractivity contribution in [1.29, 1.82) is 0 Å². The maximum Gasteiger partial charge on any atom is 0.224 e. The molecule has 1 N–H and O–H groups in total. The Morgan fingerprint density at radius 2 is 1.74 bits per heavy atom. The molecule has 0 aromatic heterocycles. The van der Waals surface area contributed by atoms with Crippen molar-refractivity contribution < 1.29 is 14.3 Å². The fourth-order valence-electron chi connectivity index (χ4n) is 2.26. The molecule has 0 bridgehead atoms. The average Bonchev–Trinajstić information content (AvgIpc) is 2.60. The predicted octanol–water partition coefficient (Wildman–Crippen LogP) is 2.81. The van der Waals surface area contributed by atoms with Gasteiger partial charge >= 0.3 is 0 Å². The van der Waals surface area contributed by atoms with E-state index in [9.17, 15) is 4.79 Å². The van der Waals surface area contributed by atoms with E-state index in [1.165, 1.54) is 0 Å². The van der Waals surface area contributed by atoms with Crippen molar-refractivity contribution in [3.05, 3.63) is 66.1 Å². The SMILES string of the molecule is COc1ccc(CCNC(=O)[CH]Cc2ccccc2)cc1OC. The maximum absolute atomic E-state index is 11.8. The second-order valence-corrected chi connectivity index (χ2v) is 5.12. The first-order valence-electron chi connectivity index (χ1n) is 7.59. The summed E-state index contributed by atoms with van der Waals surface area (Å²) >= 11 is 0. The van der Waals surface area contributed by atoms with Crippen LogP contribution in [0.1, 0.15) is 11.1 Å². The summed E-state index contributed by atoms with van der Waals surface area (Å²) in [5, 5.41) is 2.90. The molecule has 4 heteroatoms. The van der Waals surface area contributed by atoms with E-state index in [-0.39, 0.29) is 5.91 Å². The minimum atomic E-state index is -0.0469. The quantitative estimate of drug-likeness (QED) is 0.815. The van der Waals surface area contributed by atoms with Gasteiger partial charge in [-0.05, 0) is 36.1 Å². The van der Waals surface area contributed by atoms with E-state index >= 15 is 0 Å². The standard InChI is InChI=1S/C19H22NO3/c1-22-17-10-8-16(14-18(17)23-2)12-13-20-19(21)11-9-15-6-4-3-5-7-15/h3-8,10-11,14H,9,12-13H2,1-2H3,(H,20,21). The molecule has 2 aromatic rings. The van der Waals surface area contributed by atoms with Gasteiger partial charge in [0.05, 0.1) is 20.6 Å². The lowest BCUT2D eigenvalue weighted by Gasteiger charge is -2.10. The Hall–Kier alpha value is -2.49. The molecule has 4 nitrogen and oxygen atoms in total. The molecular weight excluding hydrogens is 290 g/mol. The van der Waals surface area contributed by atoms with Crippen molar-refractivity contribution in [3.8, 4) is 11.5 Å². The van der Waals surface area contributed by atoms with Crippen molar-refractivity contribution >= 4 is 5.91 Å². The molecule has 1 radical (unpaired) electrons. The highest BCUT2D eigenvalue weighted by atomic mass is 16.5. The van der Waals surface area contributed by atoms with Crippen LogP contribution in [0.5, 0.6) is 11.5 Å². The molecule has 0 saturated carbocycles. The first-order chi connectivity index (χ1) is 11.2. The largest absolute Gasteiger partial charge is 0.493 e. The fraction of sp³-hybridized carbons (Fsp3) is 0.263. The van der Waals surface area contributed by atoms with Gasteiger partial charge in [0.2, 0.25) is 5.91 Å². The van der Waals surface area contributed by atoms with Crippen LogP contribution in [0.4, 0.5) is 0 Å². The van der Waals surface area contributed by atoms with Gasteiger partial charge in [-0.15, -0.1) is 0 Å². The Kier molecular flexibility index (Phi) is 6.48.